The summed E-state index contributed by atoms with van der Waals surface area (Å²) < 4.78 is 5.86. The van der Waals surface area contributed by atoms with Crippen molar-refractivity contribution in [3.05, 3.63) is 47.4 Å². The molecular weight excluding hydrogens is 364 g/mol. The van der Waals surface area contributed by atoms with Crippen molar-refractivity contribution in [1.29, 1.82) is 0 Å². The van der Waals surface area contributed by atoms with Gasteiger partial charge in [0.25, 0.3) is 5.91 Å². The number of carbonyl (C=O) groups is 1. The molecule has 2 aromatic rings. The third-order valence-electron chi connectivity index (χ3n) is 5.22. The van der Waals surface area contributed by atoms with Gasteiger partial charge in [0.15, 0.2) is 6.61 Å². The van der Waals surface area contributed by atoms with Crippen LogP contribution in [0.4, 0.5) is 5.82 Å². The molecule has 0 N–H and O–H groups in total. The van der Waals surface area contributed by atoms with E-state index in [1.165, 1.54) is 0 Å². The topological polar surface area (TPSA) is 58.6 Å². The SMILES string of the molecule is Cc1cc(N2CCN(C(=O)COc3ccccc3C(C)C)CC2)nc(C(C)C)n1. The summed E-state index contributed by atoms with van der Waals surface area (Å²) in [4.78, 5) is 26.0. The predicted molar refractivity (Wildman–Crippen MR) is 116 cm³/mol. The monoisotopic (exact) mass is 396 g/mol. The molecule has 0 unspecified atom stereocenters. The fourth-order valence-corrected chi connectivity index (χ4v) is 3.50. The molecule has 1 aromatic carbocycles. The van der Waals surface area contributed by atoms with Crippen molar-refractivity contribution in [1.82, 2.24) is 14.9 Å². The van der Waals surface area contributed by atoms with Gasteiger partial charge in [-0.25, -0.2) is 9.97 Å². The normalized spacial score (nSPS) is 14.6. The highest BCUT2D eigenvalue weighted by molar-refractivity contribution is 5.78. The number of anilines is 1. The Balaban J connectivity index is 1.56. The van der Waals surface area contributed by atoms with Gasteiger partial charge in [-0.1, -0.05) is 45.9 Å². The molecule has 0 saturated carbocycles. The first-order valence-corrected chi connectivity index (χ1v) is 10.4. The van der Waals surface area contributed by atoms with Gasteiger partial charge in [-0.15, -0.1) is 0 Å². The van der Waals surface area contributed by atoms with Gasteiger partial charge in [0.2, 0.25) is 0 Å². The largest absolute Gasteiger partial charge is 0.483 e. The van der Waals surface area contributed by atoms with Crippen LogP contribution in [-0.4, -0.2) is 53.6 Å². The molecule has 6 nitrogen and oxygen atoms in total. The minimum Gasteiger partial charge on any atom is -0.483 e. The average molecular weight is 397 g/mol. The number of carbonyl (C=O) groups excluding carboxylic acids is 1. The highest BCUT2D eigenvalue weighted by Crippen LogP contribution is 2.26. The lowest BCUT2D eigenvalue weighted by Crippen LogP contribution is -2.50. The van der Waals surface area contributed by atoms with E-state index < -0.39 is 0 Å². The summed E-state index contributed by atoms with van der Waals surface area (Å²) in [5.74, 6) is 3.31. The molecule has 0 spiro atoms. The van der Waals surface area contributed by atoms with Crippen LogP contribution in [-0.2, 0) is 4.79 Å². The van der Waals surface area contributed by atoms with Crippen molar-refractivity contribution in [3.63, 3.8) is 0 Å². The first-order valence-electron chi connectivity index (χ1n) is 10.4. The van der Waals surface area contributed by atoms with Crippen LogP contribution in [0.3, 0.4) is 0 Å². The highest BCUT2D eigenvalue weighted by Gasteiger charge is 2.23. The Morgan fingerprint density at radius 2 is 1.72 bits per heavy atom. The Hall–Kier alpha value is -2.63. The summed E-state index contributed by atoms with van der Waals surface area (Å²) in [5.41, 5.74) is 2.11. The molecule has 0 radical (unpaired) electrons. The van der Waals surface area contributed by atoms with Crippen LogP contribution < -0.4 is 9.64 Å². The van der Waals surface area contributed by atoms with Crippen LogP contribution in [0.25, 0.3) is 0 Å². The van der Waals surface area contributed by atoms with E-state index in [-0.39, 0.29) is 12.5 Å². The summed E-state index contributed by atoms with van der Waals surface area (Å²) in [6.45, 7) is 13.4. The number of aromatic nitrogens is 2. The second kappa shape index (κ2) is 9.25. The number of nitrogens with zero attached hydrogens (tertiary/aromatic N) is 4. The van der Waals surface area contributed by atoms with Crippen LogP contribution >= 0.6 is 0 Å². The lowest BCUT2D eigenvalue weighted by atomic mass is 10.0. The van der Waals surface area contributed by atoms with Crippen LogP contribution in [0.5, 0.6) is 5.75 Å². The van der Waals surface area contributed by atoms with Crippen molar-refractivity contribution in [3.8, 4) is 5.75 Å². The first-order chi connectivity index (χ1) is 13.8. The molecule has 1 aromatic heterocycles. The average Bonchev–Trinajstić information content (AvgIpc) is 2.71. The molecule has 1 saturated heterocycles. The Kier molecular flexibility index (Phi) is 6.72. The molecule has 6 heteroatoms. The zero-order valence-corrected chi connectivity index (χ0v) is 18.2. The van der Waals surface area contributed by atoms with Crippen molar-refractivity contribution >= 4 is 11.7 Å². The number of hydrogen-bond donors (Lipinski definition) is 0. The standard InChI is InChI=1S/C23H32N4O2/c1-16(2)19-8-6-7-9-20(19)29-15-22(28)27-12-10-26(11-13-27)21-14-18(5)24-23(25-21)17(3)4/h6-9,14,16-17H,10-13,15H2,1-5H3. The number of rotatable bonds is 6. The van der Waals surface area contributed by atoms with Gasteiger partial charge < -0.3 is 14.5 Å². The lowest BCUT2D eigenvalue weighted by molar-refractivity contribution is -0.133. The van der Waals surface area contributed by atoms with Crippen molar-refractivity contribution in [2.24, 2.45) is 0 Å². The summed E-state index contributed by atoms with van der Waals surface area (Å²) in [5, 5.41) is 0. The van der Waals surface area contributed by atoms with Gasteiger partial charge in [-0.05, 0) is 24.5 Å². The molecule has 0 bridgehead atoms. The van der Waals surface area contributed by atoms with Gasteiger partial charge in [0, 0.05) is 43.9 Å². The van der Waals surface area contributed by atoms with Gasteiger partial charge in [0.05, 0.1) is 0 Å². The summed E-state index contributed by atoms with van der Waals surface area (Å²) in [6.07, 6.45) is 0. The molecule has 0 aliphatic carbocycles. The number of hydrogen-bond acceptors (Lipinski definition) is 5. The molecule has 1 aliphatic heterocycles. The van der Waals surface area contributed by atoms with Gasteiger partial charge in [-0.3, -0.25) is 4.79 Å². The second-order valence-electron chi connectivity index (χ2n) is 8.23. The van der Waals surface area contributed by atoms with Gasteiger partial charge in [-0.2, -0.15) is 0 Å². The first kappa shape index (κ1) is 21.1. The number of aryl methyl sites for hydroxylation is 1. The second-order valence-corrected chi connectivity index (χ2v) is 8.23. The van der Waals surface area contributed by atoms with E-state index in [1.807, 2.05) is 36.1 Å². The number of ether oxygens (including phenoxy) is 1. The maximum absolute atomic E-state index is 12.7. The maximum Gasteiger partial charge on any atom is 0.260 e. The maximum atomic E-state index is 12.7. The molecule has 1 fully saturated rings. The van der Waals surface area contributed by atoms with Crippen LogP contribution in [0, 0.1) is 6.92 Å². The van der Waals surface area contributed by atoms with Crippen molar-refractivity contribution in [2.45, 2.75) is 46.5 Å². The lowest BCUT2D eigenvalue weighted by Gasteiger charge is -2.35. The Morgan fingerprint density at radius 3 is 2.38 bits per heavy atom. The van der Waals surface area contributed by atoms with E-state index in [0.717, 1.165) is 41.7 Å². The fraction of sp³-hybridized carbons (Fsp3) is 0.522. The number of piperazine rings is 1. The minimum absolute atomic E-state index is 0.0324. The van der Waals surface area contributed by atoms with Crippen molar-refractivity contribution < 1.29 is 9.53 Å². The molecule has 2 heterocycles. The van der Waals surface area contributed by atoms with E-state index in [0.29, 0.717) is 24.9 Å². The highest BCUT2D eigenvalue weighted by atomic mass is 16.5. The Bertz CT molecular complexity index is 843. The number of benzene rings is 1. The van der Waals surface area contributed by atoms with Gasteiger partial charge in [0.1, 0.15) is 17.4 Å². The van der Waals surface area contributed by atoms with E-state index in [4.69, 9.17) is 9.72 Å². The van der Waals surface area contributed by atoms with Gasteiger partial charge >= 0.3 is 0 Å². The molecule has 3 rings (SSSR count). The molecule has 0 atom stereocenters. The number of para-hydroxylation sites is 1. The quantitative estimate of drug-likeness (QED) is 0.744. The molecule has 156 valence electrons. The van der Waals surface area contributed by atoms with Crippen LogP contribution in [0.1, 0.15) is 56.6 Å². The number of amides is 1. The van der Waals surface area contributed by atoms with E-state index in [1.54, 1.807) is 0 Å². The van der Waals surface area contributed by atoms with E-state index in [2.05, 4.69) is 43.6 Å². The summed E-state index contributed by atoms with van der Waals surface area (Å²) in [7, 11) is 0. The summed E-state index contributed by atoms with van der Waals surface area (Å²) >= 11 is 0. The third kappa shape index (κ3) is 5.25. The zero-order chi connectivity index (χ0) is 21.0. The van der Waals surface area contributed by atoms with Crippen LogP contribution in [0.15, 0.2) is 30.3 Å². The predicted octanol–water partition coefficient (Wildman–Crippen LogP) is 3.76. The van der Waals surface area contributed by atoms with Crippen molar-refractivity contribution in [2.75, 3.05) is 37.7 Å². The zero-order valence-electron chi connectivity index (χ0n) is 18.2. The fourth-order valence-electron chi connectivity index (χ4n) is 3.50. The smallest absolute Gasteiger partial charge is 0.260 e. The molecular formula is C23H32N4O2. The molecule has 1 aliphatic rings. The van der Waals surface area contributed by atoms with E-state index >= 15 is 0 Å². The Labute approximate surface area is 173 Å². The molecule has 29 heavy (non-hydrogen) atoms. The third-order valence-corrected chi connectivity index (χ3v) is 5.22. The van der Waals surface area contributed by atoms with Crippen LogP contribution in [0.2, 0.25) is 0 Å². The Morgan fingerprint density at radius 1 is 1.03 bits per heavy atom. The minimum atomic E-state index is 0.0324. The summed E-state index contributed by atoms with van der Waals surface area (Å²) in [6, 6.07) is 9.96. The molecule has 1 amide bonds. The van der Waals surface area contributed by atoms with E-state index in [9.17, 15) is 4.79 Å².